The second-order valence-electron chi connectivity index (χ2n) is 6.46. The topological polar surface area (TPSA) is 26.0 Å². The van der Waals surface area contributed by atoms with Crippen molar-refractivity contribution in [3.63, 3.8) is 0 Å². The summed E-state index contributed by atoms with van der Waals surface area (Å²) in [4.78, 5) is 0. The Morgan fingerprint density at radius 3 is 0.903 bits per heavy atom. The van der Waals surface area contributed by atoms with Crippen molar-refractivity contribution in [1.82, 2.24) is 0 Å². The lowest BCUT2D eigenvalue weighted by atomic mass is 10.3. The number of nitrogens with two attached hydrogens (primary N) is 1. The molecule has 0 atom stereocenters. The Morgan fingerprint density at radius 1 is 0.484 bits per heavy atom. The van der Waals surface area contributed by atoms with Crippen LogP contribution >= 0.6 is 7.92 Å². The number of para-hydroxylation sites is 1. The molecule has 4 aromatic carbocycles. The molecule has 0 saturated heterocycles. The van der Waals surface area contributed by atoms with Gasteiger partial charge in [0, 0.05) is 5.69 Å². The summed E-state index contributed by atoms with van der Waals surface area (Å²) in [5.41, 5.74) is 6.18. The maximum atomic E-state index is 5.36. The fraction of sp³-hybridized carbons (Fsp3) is 0.172. The molecule has 4 aromatic rings. The molecule has 0 saturated carbocycles. The standard InChI is InChI=1S/C18H15P.C6H7N.C3H8.C2H6/c1-4-10-16(11-5-1)19(17-12-6-2-7-13-17)18-14-8-3-9-15-18;7-6-4-2-1-3-5-6;1-3-2;1-2/h1-15H;1-5H,7H2;3H2,1-2H3;1-2H3. The molecule has 0 bridgehead atoms. The normalized spacial score (nSPS) is 9.19. The minimum atomic E-state index is -0.446. The van der Waals surface area contributed by atoms with E-state index in [2.05, 4.69) is 105 Å². The summed E-state index contributed by atoms with van der Waals surface area (Å²) < 4.78 is 0. The van der Waals surface area contributed by atoms with Gasteiger partial charge in [-0.1, -0.05) is 143 Å². The molecule has 2 heteroatoms. The zero-order valence-electron chi connectivity index (χ0n) is 19.3. The molecule has 1 nitrogen and oxygen atoms in total. The Balaban J connectivity index is 0.000000333. The molecule has 0 aliphatic rings. The molecule has 162 valence electrons. The summed E-state index contributed by atoms with van der Waals surface area (Å²) in [6.45, 7) is 8.25. The Bertz CT molecular complexity index is 800. The van der Waals surface area contributed by atoms with Crippen molar-refractivity contribution < 1.29 is 0 Å². The van der Waals surface area contributed by atoms with Crippen molar-refractivity contribution in [3.05, 3.63) is 121 Å². The molecule has 2 N–H and O–H groups in total. The third-order valence-corrected chi connectivity index (χ3v) is 6.29. The molecule has 0 aromatic heterocycles. The van der Waals surface area contributed by atoms with Gasteiger partial charge >= 0.3 is 0 Å². The fourth-order valence-corrected chi connectivity index (χ4v) is 4.94. The first-order valence-corrected chi connectivity index (χ1v) is 12.4. The molecule has 4 rings (SSSR count). The predicted molar refractivity (Wildman–Crippen MR) is 143 cm³/mol. The summed E-state index contributed by atoms with van der Waals surface area (Å²) in [6.07, 6.45) is 1.25. The Kier molecular flexibility index (Phi) is 14.2. The predicted octanol–water partition coefficient (Wildman–Crippen LogP) is 7.16. The number of nitrogen functional groups attached to an aromatic ring is 1. The van der Waals surface area contributed by atoms with E-state index < -0.39 is 7.92 Å². The maximum absolute atomic E-state index is 5.36. The van der Waals surface area contributed by atoms with E-state index in [4.69, 9.17) is 5.73 Å². The summed E-state index contributed by atoms with van der Waals surface area (Å²) in [6, 6.07) is 41.8. The van der Waals surface area contributed by atoms with E-state index in [1.165, 1.54) is 22.3 Å². The van der Waals surface area contributed by atoms with E-state index >= 15 is 0 Å². The monoisotopic (exact) mass is 429 g/mol. The fourth-order valence-electron chi connectivity index (χ4n) is 2.63. The van der Waals surface area contributed by atoms with Gasteiger partial charge in [0.2, 0.25) is 0 Å². The van der Waals surface area contributed by atoms with Gasteiger partial charge in [-0.3, -0.25) is 0 Å². The van der Waals surface area contributed by atoms with E-state index in [1.54, 1.807) is 0 Å². The molecule has 0 spiro atoms. The average molecular weight is 430 g/mol. The first kappa shape index (κ1) is 26.1. The van der Waals surface area contributed by atoms with Gasteiger partial charge in [-0.25, -0.2) is 0 Å². The van der Waals surface area contributed by atoms with Crippen molar-refractivity contribution in [2.24, 2.45) is 0 Å². The highest BCUT2D eigenvalue weighted by Gasteiger charge is 2.14. The van der Waals surface area contributed by atoms with Crippen LogP contribution in [-0.4, -0.2) is 0 Å². The lowest BCUT2D eigenvalue weighted by molar-refractivity contribution is 1.09. The van der Waals surface area contributed by atoms with Crippen LogP contribution in [0.5, 0.6) is 0 Å². The van der Waals surface area contributed by atoms with Crippen LogP contribution < -0.4 is 21.6 Å². The van der Waals surface area contributed by atoms with Crippen LogP contribution in [0, 0.1) is 0 Å². The van der Waals surface area contributed by atoms with Crippen LogP contribution in [0.25, 0.3) is 0 Å². The summed E-state index contributed by atoms with van der Waals surface area (Å²) in [5, 5.41) is 4.19. The summed E-state index contributed by atoms with van der Waals surface area (Å²) in [5.74, 6) is 0. The number of hydrogen-bond donors (Lipinski definition) is 1. The van der Waals surface area contributed by atoms with Crippen molar-refractivity contribution in [2.45, 2.75) is 34.1 Å². The molecule has 0 fully saturated rings. The van der Waals surface area contributed by atoms with E-state index in [1.807, 2.05) is 44.2 Å². The van der Waals surface area contributed by atoms with Crippen LogP contribution in [0.3, 0.4) is 0 Å². The largest absolute Gasteiger partial charge is 0.399 e. The van der Waals surface area contributed by atoms with E-state index in [-0.39, 0.29) is 0 Å². The molecule has 0 heterocycles. The highest BCUT2D eigenvalue weighted by Crippen LogP contribution is 2.32. The van der Waals surface area contributed by atoms with Gasteiger partial charge in [-0.2, -0.15) is 0 Å². The summed E-state index contributed by atoms with van der Waals surface area (Å²) >= 11 is 0. The molecular weight excluding hydrogens is 393 g/mol. The van der Waals surface area contributed by atoms with Crippen LogP contribution in [0.15, 0.2) is 121 Å². The quantitative estimate of drug-likeness (QED) is 0.271. The summed E-state index contributed by atoms with van der Waals surface area (Å²) in [7, 11) is -0.446. The van der Waals surface area contributed by atoms with Crippen molar-refractivity contribution >= 4 is 29.5 Å². The van der Waals surface area contributed by atoms with Gasteiger partial charge < -0.3 is 5.73 Å². The van der Waals surface area contributed by atoms with Crippen molar-refractivity contribution in [1.29, 1.82) is 0 Å². The van der Waals surface area contributed by atoms with Crippen molar-refractivity contribution in [2.75, 3.05) is 5.73 Å². The SMILES string of the molecule is CC.CCC.Nc1ccccc1.c1ccc(P(c2ccccc2)c2ccccc2)cc1. The van der Waals surface area contributed by atoms with Crippen LogP contribution in [0.4, 0.5) is 5.69 Å². The van der Waals surface area contributed by atoms with E-state index in [0.717, 1.165) is 5.69 Å². The van der Waals surface area contributed by atoms with Gasteiger partial charge in [0.05, 0.1) is 0 Å². The van der Waals surface area contributed by atoms with Crippen LogP contribution in [-0.2, 0) is 0 Å². The second-order valence-corrected chi connectivity index (χ2v) is 8.68. The Labute approximate surface area is 190 Å². The Morgan fingerprint density at radius 2 is 0.710 bits per heavy atom. The maximum Gasteiger partial charge on any atom is 0.0313 e. The first-order chi connectivity index (χ1) is 15.3. The smallest absolute Gasteiger partial charge is 0.0313 e. The van der Waals surface area contributed by atoms with Gasteiger partial charge in [-0.15, -0.1) is 0 Å². The second kappa shape index (κ2) is 16.9. The zero-order valence-corrected chi connectivity index (χ0v) is 20.2. The van der Waals surface area contributed by atoms with Crippen molar-refractivity contribution in [3.8, 4) is 0 Å². The molecular formula is C29H36NP. The van der Waals surface area contributed by atoms with Gasteiger partial charge in [-0.05, 0) is 36.0 Å². The highest BCUT2D eigenvalue weighted by atomic mass is 31.1. The molecule has 0 amide bonds. The minimum absolute atomic E-state index is 0.446. The number of hydrogen-bond acceptors (Lipinski definition) is 1. The Hall–Kier alpha value is -2.89. The first-order valence-electron chi connectivity index (χ1n) is 11.0. The minimum Gasteiger partial charge on any atom is -0.399 e. The third kappa shape index (κ3) is 10.1. The molecule has 0 radical (unpaired) electrons. The van der Waals surface area contributed by atoms with E-state index in [9.17, 15) is 0 Å². The van der Waals surface area contributed by atoms with Crippen LogP contribution in [0.2, 0.25) is 0 Å². The number of anilines is 1. The lowest BCUT2D eigenvalue weighted by Gasteiger charge is -2.18. The average Bonchev–Trinajstić information content (AvgIpc) is 2.84. The van der Waals surface area contributed by atoms with Gasteiger partial charge in [0.25, 0.3) is 0 Å². The molecule has 0 aliphatic carbocycles. The van der Waals surface area contributed by atoms with Gasteiger partial charge in [0.15, 0.2) is 0 Å². The molecule has 0 unspecified atom stereocenters. The van der Waals surface area contributed by atoms with Crippen LogP contribution in [0.1, 0.15) is 34.1 Å². The third-order valence-electron chi connectivity index (χ3n) is 3.84. The zero-order chi connectivity index (χ0) is 22.7. The lowest BCUT2D eigenvalue weighted by Crippen LogP contribution is -2.20. The molecule has 31 heavy (non-hydrogen) atoms. The number of benzene rings is 4. The molecule has 0 aliphatic heterocycles. The van der Waals surface area contributed by atoms with Gasteiger partial charge in [0.1, 0.15) is 0 Å². The number of rotatable bonds is 3. The van der Waals surface area contributed by atoms with E-state index in [0.29, 0.717) is 0 Å². The highest BCUT2D eigenvalue weighted by molar-refractivity contribution is 7.79.